The summed E-state index contributed by atoms with van der Waals surface area (Å²) in [7, 11) is 1.27. The minimum Gasteiger partial charge on any atom is -0.465 e. The number of hydrogen-bond donors (Lipinski definition) is 1. The van der Waals surface area contributed by atoms with Crippen LogP contribution >= 0.6 is 11.6 Å². The van der Waals surface area contributed by atoms with E-state index in [1.54, 1.807) is 19.1 Å². The molecule has 1 aromatic rings. The Kier molecular flexibility index (Phi) is 4.31. The van der Waals surface area contributed by atoms with E-state index in [9.17, 15) is 9.59 Å². The monoisotopic (exact) mass is 241 g/mol. The molecule has 86 valence electrons. The number of nitrogens with one attached hydrogen (secondary N) is 1. The second-order valence-electron chi connectivity index (χ2n) is 3.08. The number of benzene rings is 1. The number of carbonyl (C=O) groups is 2. The first-order valence-corrected chi connectivity index (χ1v) is 5.14. The van der Waals surface area contributed by atoms with Gasteiger partial charge in [0.1, 0.15) is 0 Å². The summed E-state index contributed by atoms with van der Waals surface area (Å²) in [6, 6.07) is 4.63. The highest BCUT2D eigenvalue weighted by Gasteiger charge is 2.13. The molecule has 0 radical (unpaired) electrons. The lowest BCUT2D eigenvalue weighted by Gasteiger charge is -2.09. The van der Waals surface area contributed by atoms with Crippen molar-refractivity contribution in [3.05, 3.63) is 28.8 Å². The number of amides is 1. The molecule has 16 heavy (non-hydrogen) atoms. The predicted octanol–water partition coefficient (Wildman–Crippen LogP) is 2.48. The van der Waals surface area contributed by atoms with E-state index in [0.717, 1.165) is 0 Å². The standard InChI is InChI=1S/C11H12ClNO3/c1-3-10(14)13-9-5-4-7(12)6-8(9)11(15)16-2/h4-6H,3H2,1-2H3,(H,13,14). The van der Waals surface area contributed by atoms with Crippen molar-refractivity contribution in [2.24, 2.45) is 0 Å². The molecule has 0 aliphatic heterocycles. The summed E-state index contributed by atoms with van der Waals surface area (Å²) >= 11 is 5.77. The summed E-state index contributed by atoms with van der Waals surface area (Å²) in [6.45, 7) is 1.73. The van der Waals surface area contributed by atoms with Gasteiger partial charge in [0, 0.05) is 11.4 Å². The van der Waals surface area contributed by atoms with Gasteiger partial charge >= 0.3 is 5.97 Å². The zero-order valence-electron chi connectivity index (χ0n) is 9.04. The zero-order valence-corrected chi connectivity index (χ0v) is 9.80. The molecule has 0 aliphatic carbocycles. The summed E-state index contributed by atoms with van der Waals surface area (Å²) < 4.78 is 4.60. The van der Waals surface area contributed by atoms with Gasteiger partial charge in [0.05, 0.1) is 18.4 Å². The van der Waals surface area contributed by atoms with Crippen molar-refractivity contribution in [2.75, 3.05) is 12.4 Å². The Morgan fingerprint density at radius 3 is 2.69 bits per heavy atom. The van der Waals surface area contributed by atoms with E-state index >= 15 is 0 Å². The molecule has 0 aliphatic rings. The number of hydrogen-bond acceptors (Lipinski definition) is 3. The zero-order chi connectivity index (χ0) is 12.1. The SMILES string of the molecule is CCC(=O)Nc1ccc(Cl)cc1C(=O)OC. The first-order chi connectivity index (χ1) is 7.58. The van der Waals surface area contributed by atoms with Gasteiger partial charge in [-0.05, 0) is 18.2 Å². The number of esters is 1. The van der Waals surface area contributed by atoms with Crippen LogP contribution in [0.2, 0.25) is 5.02 Å². The van der Waals surface area contributed by atoms with Gasteiger partial charge in [-0.15, -0.1) is 0 Å². The minimum absolute atomic E-state index is 0.174. The topological polar surface area (TPSA) is 55.4 Å². The van der Waals surface area contributed by atoms with Crippen LogP contribution in [0.5, 0.6) is 0 Å². The lowest BCUT2D eigenvalue weighted by molar-refractivity contribution is -0.115. The second-order valence-corrected chi connectivity index (χ2v) is 3.52. The molecule has 0 unspecified atom stereocenters. The molecular weight excluding hydrogens is 230 g/mol. The Morgan fingerprint density at radius 1 is 1.44 bits per heavy atom. The maximum absolute atomic E-state index is 11.4. The summed E-state index contributed by atoms with van der Waals surface area (Å²) in [5.41, 5.74) is 0.653. The van der Waals surface area contributed by atoms with Crippen LogP contribution in [-0.4, -0.2) is 19.0 Å². The molecule has 1 N–H and O–H groups in total. The van der Waals surface area contributed by atoms with Gasteiger partial charge < -0.3 is 10.1 Å². The first-order valence-electron chi connectivity index (χ1n) is 4.76. The fraction of sp³-hybridized carbons (Fsp3) is 0.273. The fourth-order valence-electron chi connectivity index (χ4n) is 1.14. The third kappa shape index (κ3) is 2.97. The first kappa shape index (κ1) is 12.5. The highest BCUT2D eigenvalue weighted by Crippen LogP contribution is 2.21. The van der Waals surface area contributed by atoms with E-state index in [-0.39, 0.29) is 11.5 Å². The summed E-state index contributed by atoms with van der Waals surface area (Å²) in [4.78, 5) is 22.7. The van der Waals surface area contributed by atoms with E-state index in [1.165, 1.54) is 13.2 Å². The van der Waals surface area contributed by atoms with E-state index in [1.807, 2.05) is 0 Å². The summed E-state index contributed by atoms with van der Waals surface area (Å²) in [5, 5.41) is 3.02. The van der Waals surface area contributed by atoms with Gasteiger partial charge in [-0.2, -0.15) is 0 Å². The van der Waals surface area contributed by atoms with Gasteiger partial charge in [0.25, 0.3) is 0 Å². The maximum Gasteiger partial charge on any atom is 0.340 e. The number of rotatable bonds is 3. The van der Waals surface area contributed by atoms with Crippen LogP contribution in [0, 0.1) is 0 Å². The number of carbonyl (C=O) groups excluding carboxylic acids is 2. The summed E-state index contributed by atoms with van der Waals surface area (Å²) in [5.74, 6) is -0.707. The van der Waals surface area contributed by atoms with E-state index in [0.29, 0.717) is 17.1 Å². The van der Waals surface area contributed by atoms with Crippen molar-refractivity contribution in [2.45, 2.75) is 13.3 Å². The van der Waals surface area contributed by atoms with Gasteiger partial charge in [-0.1, -0.05) is 18.5 Å². The van der Waals surface area contributed by atoms with E-state index in [2.05, 4.69) is 10.1 Å². The predicted molar refractivity (Wildman–Crippen MR) is 61.7 cm³/mol. The average molecular weight is 242 g/mol. The molecule has 0 saturated carbocycles. The van der Waals surface area contributed by atoms with Crippen LogP contribution in [0.3, 0.4) is 0 Å². The van der Waals surface area contributed by atoms with Gasteiger partial charge in [-0.3, -0.25) is 4.79 Å². The Balaban J connectivity index is 3.07. The largest absolute Gasteiger partial charge is 0.465 e. The highest BCUT2D eigenvalue weighted by molar-refractivity contribution is 6.31. The molecule has 0 aromatic heterocycles. The summed E-state index contributed by atoms with van der Waals surface area (Å²) in [6.07, 6.45) is 0.337. The molecule has 0 atom stereocenters. The van der Waals surface area contributed by atoms with E-state index in [4.69, 9.17) is 11.6 Å². The van der Waals surface area contributed by atoms with Crippen molar-refractivity contribution in [1.82, 2.24) is 0 Å². The van der Waals surface area contributed by atoms with Gasteiger partial charge in [0.15, 0.2) is 0 Å². The lowest BCUT2D eigenvalue weighted by Crippen LogP contribution is -2.13. The number of anilines is 1. The fourth-order valence-corrected chi connectivity index (χ4v) is 1.32. The Hall–Kier alpha value is -1.55. The Morgan fingerprint density at radius 2 is 2.12 bits per heavy atom. The number of ether oxygens (including phenoxy) is 1. The van der Waals surface area contributed by atoms with Crippen molar-refractivity contribution in [1.29, 1.82) is 0 Å². The number of halogens is 1. The van der Waals surface area contributed by atoms with Crippen LogP contribution in [0.1, 0.15) is 23.7 Å². The van der Waals surface area contributed by atoms with Crippen LogP contribution in [0.4, 0.5) is 5.69 Å². The molecule has 1 aromatic carbocycles. The normalized spacial score (nSPS) is 9.69. The van der Waals surface area contributed by atoms with Crippen LogP contribution in [0.25, 0.3) is 0 Å². The molecule has 0 bridgehead atoms. The Bertz CT molecular complexity index is 418. The molecule has 0 spiro atoms. The molecule has 1 rings (SSSR count). The van der Waals surface area contributed by atoms with Crippen molar-refractivity contribution in [3.8, 4) is 0 Å². The molecular formula is C11H12ClNO3. The second kappa shape index (κ2) is 5.51. The van der Waals surface area contributed by atoms with Crippen molar-refractivity contribution < 1.29 is 14.3 Å². The Labute approximate surface area is 98.5 Å². The number of methoxy groups -OCH3 is 1. The molecule has 1 amide bonds. The molecule has 0 fully saturated rings. The maximum atomic E-state index is 11.4. The molecule has 0 saturated heterocycles. The van der Waals surface area contributed by atoms with E-state index < -0.39 is 5.97 Å². The highest BCUT2D eigenvalue weighted by atomic mass is 35.5. The molecule has 0 heterocycles. The third-order valence-corrected chi connectivity index (χ3v) is 2.22. The van der Waals surface area contributed by atoms with Crippen molar-refractivity contribution in [3.63, 3.8) is 0 Å². The quantitative estimate of drug-likeness (QED) is 0.827. The van der Waals surface area contributed by atoms with Gasteiger partial charge in [-0.25, -0.2) is 4.79 Å². The van der Waals surface area contributed by atoms with Gasteiger partial charge in [0.2, 0.25) is 5.91 Å². The van der Waals surface area contributed by atoms with Crippen molar-refractivity contribution >= 4 is 29.2 Å². The van der Waals surface area contributed by atoms with Crippen LogP contribution in [-0.2, 0) is 9.53 Å². The van der Waals surface area contributed by atoms with Crippen LogP contribution in [0.15, 0.2) is 18.2 Å². The minimum atomic E-state index is -0.533. The third-order valence-electron chi connectivity index (χ3n) is 1.98. The van der Waals surface area contributed by atoms with Crippen LogP contribution < -0.4 is 5.32 Å². The lowest BCUT2D eigenvalue weighted by atomic mass is 10.1. The smallest absolute Gasteiger partial charge is 0.340 e. The molecule has 4 nitrogen and oxygen atoms in total. The molecule has 5 heteroatoms. The average Bonchev–Trinajstić information content (AvgIpc) is 2.30.